The number of hydrogen-bond acceptors (Lipinski definition) is 6. The van der Waals surface area contributed by atoms with Crippen molar-refractivity contribution in [1.82, 2.24) is 9.97 Å². The Morgan fingerprint density at radius 3 is 2.95 bits per heavy atom. The summed E-state index contributed by atoms with van der Waals surface area (Å²) in [7, 11) is 1.84. The lowest BCUT2D eigenvalue weighted by molar-refractivity contribution is 0.0446. The Hall–Kier alpha value is -1.40. The van der Waals surface area contributed by atoms with Crippen LogP contribution in [-0.4, -0.2) is 47.4 Å². The first-order chi connectivity index (χ1) is 9.54. The highest BCUT2D eigenvalue weighted by molar-refractivity contribution is 5.49. The molecule has 1 aliphatic heterocycles. The van der Waals surface area contributed by atoms with Gasteiger partial charge in [0.2, 0.25) is 0 Å². The van der Waals surface area contributed by atoms with Gasteiger partial charge in [0.1, 0.15) is 18.2 Å². The summed E-state index contributed by atoms with van der Waals surface area (Å²) in [5, 5.41) is 13.3. The van der Waals surface area contributed by atoms with Gasteiger partial charge in [0.05, 0.1) is 5.60 Å². The molecule has 1 aromatic heterocycles. The van der Waals surface area contributed by atoms with E-state index in [4.69, 9.17) is 4.74 Å². The van der Waals surface area contributed by atoms with Crippen LogP contribution in [0.15, 0.2) is 6.07 Å². The van der Waals surface area contributed by atoms with Gasteiger partial charge in [-0.05, 0) is 26.7 Å². The van der Waals surface area contributed by atoms with E-state index in [9.17, 15) is 5.11 Å². The SMILES string of the molecule is CCOCc1nc(NC)cc(N2CCCC(C)(O)C2)n1. The average Bonchev–Trinajstić information content (AvgIpc) is 2.43. The zero-order valence-corrected chi connectivity index (χ0v) is 12.5. The molecule has 6 nitrogen and oxygen atoms in total. The van der Waals surface area contributed by atoms with Crippen LogP contribution in [-0.2, 0) is 11.3 Å². The molecule has 0 saturated carbocycles. The largest absolute Gasteiger partial charge is 0.388 e. The van der Waals surface area contributed by atoms with Crippen molar-refractivity contribution in [2.45, 2.75) is 38.9 Å². The lowest BCUT2D eigenvalue weighted by atomic mass is 9.95. The Morgan fingerprint density at radius 1 is 1.50 bits per heavy atom. The zero-order chi connectivity index (χ0) is 14.6. The summed E-state index contributed by atoms with van der Waals surface area (Å²) in [6.07, 6.45) is 1.80. The van der Waals surface area contributed by atoms with E-state index in [0.29, 0.717) is 25.6 Å². The van der Waals surface area contributed by atoms with Crippen LogP contribution in [0.3, 0.4) is 0 Å². The van der Waals surface area contributed by atoms with Crippen LogP contribution in [0.5, 0.6) is 0 Å². The minimum atomic E-state index is -0.650. The molecule has 0 aliphatic carbocycles. The van der Waals surface area contributed by atoms with Gasteiger partial charge in [-0.3, -0.25) is 0 Å². The fourth-order valence-corrected chi connectivity index (χ4v) is 2.45. The monoisotopic (exact) mass is 280 g/mol. The van der Waals surface area contributed by atoms with Crippen LogP contribution in [0, 0.1) is 0 Å². The minimum absolute atomic E-state index is 0.406. The predicted molar refractivity (Wildman–Crippen MR) is 79.0 cm³/mol. The topological polar surface area (TPSA) is 70.5 Å². The predicted octanol–water partition coefficient (Wildman–Crippen LogP) is 1.41. The summed E-state index contributed by atoms with van der Waals surface area (Å²) in [4.78, 5) is 11.0. The van der Waals surface area contributed by atoms with E-state index in [1.54, 1.807) is 0 Å². The van der Waals surface area contributed by atoms with Gasteiger partial charge in [0, 0.05) is 32.8 Å². The summed E-state index contributed by atoms with van der Waals surface area (Å²) in [6, 6.07) is 1.91. The molecule has 1 fully saturated rings. The standard InChI is InChI=1S/C14H24N4O2/c1-4-20-9-12-16-11(15-3)8-13(17-12)18-7-5-6-14(2,19)10-18/h8,19H,4-7,9-10H2,1-3H3,(H,15,16,17). The second-order valence-corrected chi connectivity index (χ2v) is 5.44. The van der Waals surface area contributed by atoms with Crippen molar-refractivity contribution in [2.24, 2.45) is 0 Å². The third-order valence-electron chi connectivity index (χ3n) is 3.45. The van der Waals surface area contributed by atoms with Gasteiger partial charge in [0.25, 0.3) is 0 Å². The Bertz CT molecular complexity index is 451. The van der Waals surface area contributed by atoms with E-state index in [1.807, 2.05) is 27.0 Å². The van der Waals surface area contributed by atoms with Gasteiger partial charge in [-0.2, -0.15) is 0 Å². The molecule has 112 valence electrons. The molecule has 0 amide bonds. The van der Waals surface area contributed by atoms with E-state index >= 15 is 0 Å². The molecular weight excluding hydrogens is 256 g/mol. The molecule has 2 N–H and O–H groups in total. The third-order valence-corrected chi connectivity index (χ3v) is 3.45. The Labute approximate surface area is 120 Å². The maximum absolute atomic E-state index is 10.2. The lowest BCUT2D eigenvalue weighted by Crippen LogP contribution is -2.46. The average molecular weight is 280 g/mol. The summed E-state index contributed by atoms with van der Waals surface area (Å²) < 4.78 is 5.38. The van der Waals surface area contributed by atoms with E-state index in [1.165, 1.54) is 0 Å². The fourth-order valence-electron chi connectivity index (χ4n) is 2.45. The van der Waals surface area contributed by atoms with Crippen molar-refractivity contribution in [1.29, 1.82) is 0 Å². The number of rotatable bonds is 5. The molecule has 6 heteroatoms. The van der Waals surface area contributed by atoms with Crippen LogP contribution in [0.1, 0.15) is 32.5 Å². The summed E-state index contributed by atoms with van der Waals surface area (Å²) in [6.45, 7) is 6.38. The van der Waals surface area contributed by atoms with Crippen LogP contribution in [0.4, 0.5) is 11.6 Å². The van der Waals surface area contributed by atoms with Crippen molar-refractivity contribution in [3.63, 3.8) is 0 Å². The summed E-state index contributed by atoms with van der Waals surface area (Å²) in [5.74, 6) is 2.29. The highest BCUT2D eigenvalue weighted by Crippen LogP contribution is 2.25. The maximum atomic E-state index is 10.2. The van der Waals surface area contributed by atoms with Gasteiger partial charge >= 0.3 is 0 Å². The lowest BCUT2D eigenvalue weighted by Gasteiger charge is -2.37. The number of nitrogens with one attached hydrogen (secondary N) is 1. The Balaban J connectivity index is 2.21. The van der Waals surface area contributed by atoms with Crippen LogP contribution in [0.25, 0.3) is 0 Å². The van der Waals surface area contributed by atoms with Gasteiger partial charge in [-0.25, -0.2) is 9.97 Å². The number of nitrogens with zero attached hydrogens (tertiary/aromatic N) is 3. The van der Waals surface area contributed by atoms with Crippen molar-refractivity contribution in [2.75, 3.05) is 37.0 Å². The molecule has 0 bridgehead atoms. The Morgan fingerprint density at radius 2 is 2.30 bits per heavy atom. The van der Waals surface area contributed by atoms with Crippen molar-refractivity contribution in [3.8, 4) is 0 Å². The molecule has 0 radical (unpaired) electrons. The number of aromatic nitrogens is 2. The number of hydrogen-bond donors (Lipinski definition) is 2. The smallest absolute Gasteiger partial charge is 0.158 e. The molecule has 1 unspecified atom stereocenters. The molecule has 1 atom stereocenters. The van der Waals surface area contributed by atoms with Crippen molar-refractivity contribution in [3.05, 3.63) is 11.9 Å². The summed E-state index contributed by atoms with van der Waals surface area (Å²) >= 11 is 0. The number of anilines is 2. The van der Waals surface area contributed by atoms with E-state index < -0.39 is 5.60 Å². The molecule has 1 saturated heterocycles. The van der Waals surface area contributed by atoms with Gasteiger partial charge in [-0.15, -0.1) is 0 Å². The highest BCUT2D eigenvalue weighted by atomic mass is 16.5. The fraction of sp³-hybridized carbons (Fsp3) is 0.714. The first-order valence-corrected chi connectivity index (χ1v) is 7.15. The summed E-state index contributed by atoms with van der Waals surface area (Å²) in [5.41, 5.74) is -0.650. The van der Waals surface area contributed by atoms with Crippen molar-refractivity contribution >= 4 is 11.6 Å². The number of β-amino-alcohol motifs (C(OH)–C–C–N with tert-alkyl or cyclic N) is 1. The molecule has 1 aliphatic rings. The number of aliphatic hydroxyl groups is 1. The molecule has 0 aromatic carbocycles. The Kier molecular flexibility index (Phi) is 4.77. The van der Waals surface area contributed by atoms with Crippen LogP contribution in [0.2, 0.25) is 0 Å². The quantitative estimate of drug-likeness (QED) is 0.850. The molecule has 0 spiro atoms. The normalized spacial score (nSPS) is 22.9. The maximum Gasteiger partial charge on any atom is 0.158 e. The molecule has 1 aromatic rings. The first kappa shape index (κ1) is 15.0. The zero-order valence-electron chi connectivity index (χ0n) is 12.5. The second-order valence-electron chi connectivity index (χ2n) is 5.44. The minimum Gasteiger partial charge on any atom is -0.388 e. The number of ether oxygens (including phenoxy) is 1. The van der Waals surface area contributed by atoms with Crippen LogP contribution < -0.4 is 10.2 Å². The molecule has 2 rings (SSSR count). The molecule has 20 heavy (non-hydrogen) atoms. The van der Waals surface area contributed by atoms with Gasteiger partial charge < -0.3 is 20.1 Å². The van der Waals surface area contributed by atoms with Gasteiger partial charge in [0.15, 0.2) is 5.82 Å². The highest BCUT2D eigenvalue weighted by Gasteiger charge is 2.29. The second kappa shape index (κ2) is 6.37. The van der Waals surface area contributed by atoms with Crippen LogP contribution >= 0.6 is 0 Å². The van der Waals surface area contributed by atoms with Gasteiger partial charge in [-0.1, -0.05) is 0 Å². The molecule has 2 heterocycles. The molecular formula is C14H24N4O2. The van der Waals surface area contributed by atoms with E-state index in [0.717, 1.165) is 31.0 Å². The third kappa shape index (κ3) is 3.80. The van der Waals surface area contributed by atoms with E-state index in [2.05, 4.69) is 20.2 Å². The first-order valence-electron chi connectivity index (χ1n) is 7.15. The van der Waals surface area contributed by atoms with E-state index in [-0.39, 0.29) is 0 Å². The number of piperidine rings is 1. The van der Waals surface area contributed by atoms with Crippen molar-refractivity contribution < 1.29 is 9.84 Å².